The number of hydrogen-bond acceptors (Lipinski definition) is 7. The number of cyclic esters (lactones) is 2. The number of primary amides is 1. The summed E-state index contributed by atoms with van der Waals surface area (Å²) in [5.74, 6) is -2.80. The average Bonchev–Trinajstić information content (AvgIpc) is 2.49. The van der Waals surface area contributed by atoms with Crippen LogP contribution in [0.5, 0.6) is 11.5 Å². The van der Waals surface area contributed by atoms with E-state index in [2.05, 4.69) is 0 Å². The van der Waals surface area contributed by atoms with E-state index >= 15 is 0 Å². The van der Waals surface area contributed by atoms with Crippen molar-refractivity contribution in [2.24, 2.45) is 5.73 Å². The van der Waals surface area contributed by atoms with Crippen LogP contribution < -0.4 is 15.2 Å². The second kappa shape index (κ2) is 7.25. The van der Waals surface area contributed by atoms with Crippen molar-refractivity contribution in [2.45, 2.75) is 26.6 Å². The largest absolute Gasteiger partial charge is 0.490 e. The summed E-state index contributed by atoms with van der Waals surface area (Å²) >= 11 is 0. The quantitative estimate of drug-likeness (QED) is 0.466. The first-order chi connectivity index (χ1) is 11.7. The molecular formula is C17H19NO7. The zero-order chi connectivity index (χ0) is 18.6. The fraction of sp³-hybridized carbons (Fsp3) is 0.353. The maximum absolute atomic E-state index is 12.0. The third-order valence-corrected chi connectivity index (χ3v) is 3.07. The highest BCUT2D eigenvalue weighted by Gasteiger charge is 2.38. The maximum atomic E-state index is 12.0. The normalized spacial score (nSPS) is 15.9. The zero-order valence-electron chi connectivity index (χ0n) is 14.2. The van der Waals surface area contributed by atoms with E-state index in [0.29, 0.717) is 23.7 Å². The lowest BCUT2D eigenvalue weighted by molar-refractivity contribution is -0.222. The highest BCUT2D eigenvalue weighted by molar-refractivity contribution is 6.18. The van der Waals surface area contributed by atoms with Crippen LogP contribution in [0.25, 0.3) is 6.08 Å². The molecule has 0 atom stereocenters. The van der Waals surface area contributed by atoms with Gasteiger partial charge in [0.15, 0.2) is 18.1 Å². The summed E-state index contributed by atoms with van der Waals surface area (Å²) < 4.78 is 20.8. The number of carbonyl (C=O) groups excluding carboxylic acids is 3. The van der Waals surface area contributed by atoms with Gasteiger partial charge in [0.05, 0.1) is 6.61 Å². The molecule has 0 aliphatic carbocycles. The topological polar surface area (TPSA) is 114 Å². The zero-order valence-corrected chi connectivity index (χ0v) is 14.2. The molecule has 1 amide bonds. The standard InChI is InChI=1S/C17H19NO7/c1-4-22-13-8-10(5-6-12(13)23-9-14(18)19)7-11-15(20)24-17(2,3)25-16(11)21/h5-8H,4,9H2,1-3H3,(H2,18,19). The summed E-state index contributed by atoms with van der Waals surface area (Å²) in [6.45, 7) is 4.77. The van der Waals surface area contributed by atoms with Crippen molar-refractivity contribution in [3.05, 3.63) is 29.3 Å². The van der Waals surface area contributed by atoms with E-state index in [-0.39, 0.29) is 12.2 Å². The summed E-state index contributed by atoms with van der Waals surface area (Å²) in [7, 11) is 0. The monoisotopic (exact) mass is 349 g/mol. The molecule has 8 heteroatoms. The third-order valence-electron chi connectivity index (χ3n) is 3.07. The van der Waals surface area contributed by atoms with Gasteiger partial charge in [-0.3, -0.25) is 4.79 Å². The van der Waals surface area contributed by atoms with Crippen LogP contribution in [0.15, 0.2) is 23.8 Å². The van der Waals surface area contributed by atoms with Gasteiger partial charge < -0.3 is 24.7 Å². The predicted molar refractivity (Wildman–Crippen MR) is 86.5 cm³/mol. The van der Waals surface area contributed by atoms with Crippen LogP contribution in [0.1, 0.15) is 26.3 Å². The number of nitrogens with two attached hydrogens (primary N) is 1. The van der Waals surface area contributed by atoms with E-state index in [1.165, 1.54) is 19.9 Å². The first-order valence-corrected chi connectivity index (χ1v) is 7.58. The molecular weight excluding hydrogens is 330 g/mol. The van der Waals surface area contributed by atoms with E-state index in [0.717, 1.165) is 0 Å². The van der Waals surface area contributed by atoms with Crippen molar-refractivity contribution in [1.82, 2.24) is 0 Å². The van der Waals surface area contributed by atoms with Crippen LogP contribution in [0.3, 0.4) is 0 Å². The van der Waals surface area contributed by atoms with Gasteiger partial charge in [0.2, 0.25) is 0 Å². The van der Waals surface area contributed by atoms with Gasteiger partial charge in [0, 0.05) is 13.8 Å². The lowest BCUT2D eigenvalue weighted by Gasteiger charge is -2.29. The van der Waals surface area contributed by atoms with Gasteiger partial charge in [-0.25, -0.2) is 9.59 Å². The van der Waals surface area contributed by atoms with Crippen LogP contribution in [0.4, 0.5) is 0 Å². The lowest BCUT2D eigenvalue weighted by atomic mass is 10.1. The third kappa shape index (κ3) is 4.72. The van der Waals surface area contributed by atoms with Crippen LogP contribution >= 0.6 is 0 Å². The van der Waals surface area contributed by atoms with E-state index < -0.39 is 23.6 Å². The molecule has 1 aliphatic heterocycles. The second-order valence-corrected chi connectivity index (χ2v) is 5.63. The van der Waals surface area contributed by atoms with Gasteiger partial charge in [0.25, 0.3) is 11.7 Å². The van der Waals surface area contributed by atoms with Crippen LogP contribution in [-0.4, -0.2) is 36.8 Å². The minimum atomic E-state index is -1.30. The molecule has 1 aromatic rings. The number of rotatable bonds is 6. The molecule has 0 spiro atoms. The molecule has 1 aliphatic rings. The van der Waals surface area contributed by atoms with Gasteiger partial charge in [-0.15, -0.1) is 0 Å². The minimum absolute atomic E-state index is 0.229. The summed E-state index contributed by atoms with van der Waals surface area (Å²) in [6, 6.07) is 4.70. The van der Waals surface area contributed by atoms with Crippen molar-refractivity contribution in [3.8, 4) is 11.5 Å². The molecule has 8 nitrogen and oxygen atoms in total. The minimum Gasteiger partial charge on any atom is -0.490 e. The SMILES string of the molecule is CCOc1cc(C=C2C(=O)OC(C)(C)OC2=O)ccc1OCC(N)=O. The molecule has 0 unspecified atom stereocenters. The molecule has 0 radical (unpaired) electrons. The fourth-order valence-electron chi connectivity index (χ4n) is 2.10. The van der Waals surface area contributed by atoms with Gasteiger partial charge in [-0.05, 0) is 30.7 Å². The van der Waals surface area contributed by atoms with E-state index in [1.54, 1.807) is 25.1 Å². The number of hydrogen-bond donors (Lipinski definition) is 1. The molecule has 0 bridgehead atoms. The number of benzene rings is 1. The Morgan fingerprint density at radius 3 is 2.36 bits per heavy atom. The van der Waals surface area contributed by atoms with Gasteiger partial charge in [-0.1, -0.05) is 6.07 Å². The van der Waals surface area contributed by atoms with Crippen LogP contribution in [0, 0.1) is 0 Å². The smallest absolute Gasteiger partial charge is 0.348 e. The number of amides is 1. The number of ether oxygens (including phenoxy) is 4. The van der Waals surface area contributed by atoms with Crippen LogP contribution in [-0.2, 0) is 23.9 Å². The number of esters is 2. The Kier molecular flexibility index (Phi) is 5.31. The summed E-state index contributed by atoms with van der Waals surface area (Å²) in [4.78, 5) is 34.8. The molecule has 134 valence electrons. The van der Waals surface area contributed by atoms with Gasteiger partial charge in [-0.2, -0.15) is 0 Å². The average molecular weight is 349 g/mol. The highest BCUT2D eigenvalue weighted by Crippen LogP contribution is 2.30. The first-order valence-electron chi connectivity index (χ1n) is 7.58. The molecule has 25 heavy (non-hydrogen) atoms. The van der Waals surface area contributed by atoms with E-state index in [9.17, 15) is 14.4 Å². The summed E-state index contributed by atoms with van der Waals surface area (Å²) in [6.07, 6.45) is 1.33. The van der Waals surface area contributed by atoms with Gasteiger partial charge >= 0.3 is 11.9 Å². The molecule has 2 rings (SSSR count). The Labute approximate surface area is 144 Å². The van der Waals surface area contributed by atoms with Gasteiger partial charge in [0.1, 0.15) is 5.57 Å². The molecule has 0 saturated carbocycles. The lowest BCUT2D eigenvalue weighted by Crippen LogP contribution is -2.41. The van der Waals surface area contributed by atoms with Crippen molar-refractivity contribution < 1.29 is 33.3 Å². The Balaban J connectivity index is 2.30. The van der Waals surface area contributed by atoms with Crippen molar-refractivity contribution in [1.29, 1.82) is 0 Å². The fourth-order valence-corrected chi connectivity index (χ4v) is 2.10. The number of carbonyl (C=O) groups is 3. The van der Waals surface area contributed by atoms with E-state index in [1.807, 2.05) is 0 Å². The van der Waals surface area contributed by atoms with Crippen LogP contribution in [0.2, 0.25) is 0 Å². The Hall–Kier alpha value is -3.03. The molecule has 1 saturated heterocycles. The Morgan fingerprint density at radius 1 is 1.16 bits per heavy atom. The Morgan fingerprint density at radius 2 is 1.80 bits per heavy atom. The first kappa shape index (κ1) is 18.3. The maximum Gasteiger partial charge on any atom is 0.348 e. The summed E-state index contributed by atoms with van der Waals surface area (Å²) in [5, 5.41) is 0. The molecule has 0 aromatic heterocycles. The molecule has 1 heterocycles. The van der Waals surface area contributed by atoms with Crippen molar-refractivity contribution >= 4 is 23.9 Å². The van der Waals surface area contributed by atoms with E-state index in [4.69, 9.17) is 24.7 Å². The Bertz CT molecular complexity index is 715. The highest BCUT2D eigenvalue weighted by atomic mass is 16.7. The predicted octanol–water partition coefficient (Wildman–Crippen LogP) is 1.17. The summed E-state index contributed by atoms with van der Waals surface area (Å²) in [5.41, 5.74) is 5.32. The van der Waals surface area contributed by atoms with Crippen molar-refractivity contribution in [3.63, 3.8) is 0 Å². The molecule has 2 N–H and O–H groups in total. The second-order valence-electron chi connectivity index (χ2n) is 5.63. The van der Waals surface area contributed by atoms with Crippen molar-refractivity contribution in [2.75, 3.05) is 13.2 Å². The molecule has 1 fully saturated rings. The molecule has 1 aromatic carbocycles.